The normalized spacial score (nSPS) is 20.6. The summed E-state index contributed by atoms with van der Waals surface area (Å²) in [6, 6.07) is 8.64. The van der Waals surface area contributed by atoms with Gasteiger partial charge in [-0.15, -0.1) is 0 Å². The molecule has 2 saturated heterocycles. The number of nitrogens with two attached hydrogens (primary N) is 1. The fraction of sp³-hybridized carbons (Fsp3) is 0.500. The number of hydrogen-bond donors (Lipinski definition) is 1. The third kappa shape index (κ3) is 5.40. The van der Waals surface area contributed by atoms with Crippen molar-refractivity contribution in [2.75, 3.05) is 43.4 Å². The second-order valence-electron chi connectivity index (χ2n) is 9.11. The molecule has 2 heterocycles. The minimum atomic E-state index is -0.466. The summed E-state index contributed by atoms with van der Waals surface area (Å²) in [4.78, 5) is 17.9. The summed E-state index contributed by atoms with van der Waals surface area (Å²) >= 11 is 12.3. The molecule has 2 aromatic carbocycles. The predicted octanol–water partition coefficient (Wildman–Crippen LogP) is 5.19. The summed E-state index contributed by atoms with van der Waals surface area (Å²) in [6.07, 6.45) is 3.03. The first kappa shape index (κ1) is 25.0. The largest absolute Gasteiger partial charge is 0.393 e. The fourth-order valence-corrected chi connectivity index (χ4v) is 5.65. The van der Waals surface area contributed by atoms with Gasteiger partial charge in [0.1, 0.15) is 11.5 Å². The van der Waals surface area contributed by atoms with E-state index in [9.17, 15) is 14.5 Å². The molecule has 4 rings (SSSR count). The molecule has 2 aromatic rings. The van der Waals surface area contributed by atoms with E-state index in [2.05, 4.69) is 21.6 Å². The molecule has 0 aliphatic carbocycles. The van der Waals surface area contributed by atoms with Crippen LogP contribution in [0.3, 0.4) is 0 Å². The van der Waals surface area contributed by atoms with Crippen LogP contribution in [0.2, 0.25) is 10.0 Å². The summed E-state index contributed by atoms with van der Waals surface area (Å²) < 4.78 is 14.2. The Bertz CT molecular complexity index is 1050. The second-order valence-corrected chi connectivity index (χ2v) is 9.95. The lowest BCUT2D eigenvalue weighted by molar-refractivity contribution is -0.383. The monoisotopic (exact) mass is 509 g/mol. The Morgan fingerprint density at radius 3 is 2.53 bits per heavy atom. The van der Waals surface area contributed by atoms with E-state index in [0.717, 1.165) is 52.0 Å². The van der Waals surface area contributed by atoms with Crippen LogP contribution in [0.5, 0.6) is 0 Å². The van der Waals surface area contributed by atoms with Crippen molar-refractivity contribution >= 4 is 40.3 Å². The molecule has 0 radical (unpaired) electrons. The standard InChI is InChI=1S/C24H30Cl2FN5O2/c1-2-18-15-30(23-13-24(32(33)34)22(28)12-20(23)26)9-10-31(18)19-5-7-29(8-6-19)14-16-3-4-17(25)11-21(16)27/h3-4,11-13,18-19H,2,5-10,14-15,28H2,1H3. The van der Waals surface area contributed by atoms with E-state index in [1.807, 2.05) is 0 Å². The van der Waals surface area contributed by atoms with Crippen molar-refractivity contribution in [2.24, 2.45) is 0 Å². The van der Waals surface area contributed by atoms with E-state index in [1.54, 1.807) is 12.1 Å². The van der Waals surface area contributed by atoms with Crippen molar-refractivity contribution in [2.45, 2.75) is 44.8 Å². The van der Waals surface area contributed by atoms with Crippen LogP contribution in [0, 0.1) is 15.9 Å². The number of piperidine rings is 1. The third-order valence-corrected chi connectivity index (χ3v) is 7.61. The molecule has 0 amide bonds. The van der Waals surface area contributed by atoms with E-state index in [1.165, 1.54) is 18.2 Å². The SMILES string of the molecule is CCC1CN(c2cc([N+](=O)[O-])c(N)cc2Cl)CCN1C1CCN(Cc2ccc(Cl)cc2F)CC1. The van der Waals surface area contributed by atoms with Crippen molar-refractivity contribution in [1.29, 1.82) is 0 Å². The lowest BCUT2D eigenvalue weighted by atomic mass is 9.97. The molecule has 2 aliphatic rings. The molecule has 2 N–H and O–H groups in total. The molecular weight excluding hydrogens is 480 g/mol. The number of nitro groups is 1. The van der Waals surface area contributed by atoms with Crippen molar-refractivity contribution in [1.82, 2.24) is 9.80 Å². The van der Waals surface area contributed by atoms with Gasteiger partial charge < -0.3 is 10.6 Å². The lowest BCUT2D eigenvalue weighted by Crippen LogP contribution is -2.58. The van der Waals surface area contributed by atoms with Gasteiger partial charge >= 0.3 is 0 Å². The van der Waals surface area contributed by atoms with Gasteiger partial charge in [-0.2, -0.15) is 0 Å². The number of nitrogens with zero attached hydrogens (tertiary/aromatic N) is 4. The molecular formula is C24H30Cl2FN5O2. The molecule has 7 nitrogen and oxygen atoms in total. The summed E-state index contributed by atoms with van der Waals surface area (Å²) in [5.41, 5.74) is 7.10. The van der Waals surface area contributed by atoms with Gasteiger partial charge in [-0.1, -0.05) is 36.2 Å². The van der Waals surface area contributed by atoms with Crippen molar-refractivity contribution in [3.63, 3.8) is 0 Å². The van der Waals surface area contributed by atoms with Crippen LogP contribution < -0.4 is 10.6 Å². The highest BCUT2D eigenvalue weighted by Gasteiger charge is 2.34. The fourth-order valence-electron chi connectivity index (χ4n) is 5.20. The summed E-state index contributed by atoms with van der Waals surface area (Å²) in [7, 11) is 0. The van der Waals surface area contributed by atoms with Gasteiger partial charge in [0.25, 0.3) is 5.69 Å². The van der Waals surface area contributed by atoms with E-state index < -0.39 is 4.92 Å². The molecule has 2 aliphatic heterocycles. The minimum Gasteiger partial charge on any atom is -0.393 e. The Kier molecular flexibility index (Phi) is 7.82. The highest BCUT2D eigenvalue weighted by molar-refractivity contribution is 6.33. The molecule has 1 atom stereocenters. The highest BCUT2D eigenvalue weighted by Crippen LogP contribution is 2.36. The number of nitrogen functional groups attached to an aromatic ring is 1. The first-order valence-electron chi connectivity index (χ1n) is 11.7. The maximum absolute atomic E-state index is 14.2. The molecule has 0 spiro atoms. The molecule has 0 saturated carbocycles. The van der Waals surface area contributed by atoms with Crippen molar-refractivity contribution in [3.8, 4) is 0 Å². The Morgan fingerprint density at radius 2 is 1.88 bits per heavy atom. The first-order valence-corrected chi connectivity index (χ1v) is 12.4. The Labute approximate surface area is 209 Å². The average Bonchev–Trinajstić information content (AvgIpc) is 2.81. The number of halogens is 3. The quantitative estimate of drug-likeness (QED) is 0.328. The molecule has 34 heavy (non-hydrogen) atoms. The van der Waals surface area contributed by atoms with Crippen LogP contribution in [-0.2, 0) is 6.54 Å². The summed E-state index contributed by atoms with van der Waals surface area (Å²) in [5.74, 6) is -0.252. The second kappa shape index (κ2) is 10.6. The molecule has 184 valence electrons. The maximum atomic E-state index is 14.2. The number of hydrogen-bond acceptors (Lipinski definition) is 6. The van der Waals surface area contributed by atoms with Gasteiger partial charge in [-0.05, 0) is 50.6 Å². The highest BCUT2D eigenvalue weighted by atomic mass is 35.5. The minimum absolute atomic E-state index is 0.0784. The Morgan fingerprint density at radius 1 is 1.15 bits per heavy atom. The summed E-state index contributed by atoms with van der Waals surface area (Å²) in [5, 5.41) is 12.2. The van der Waals surface area contributed by atoms with Gasteiger partial charge in [0, 0.05) is 54.9 Å². The average molecular weight is 510 g/mol. The molecule has 1 unspecified atom stereocenters. The van der Waals surface area contributed by atoms with Crippen molar-refractivity contribution < 1.29 is 9.31 Å². The molecule has 2 fully saturated rings. The van der Waals surface area contributed by atoms with Crippen LogP contribution in [-0.4, -0.2) is 59.5 Å². The topological polar surface area (TPSA) is 78.9 Å². The maximum Gasteiger partial charge on any atom is 0.294 e. The lowest BCUT2D eigenvalue weighted by Gasteiger charge is -2.48. The number of anilines is 2. The first-order chi connectivity index (χ1) is 16.3. The zero-order chi connectivity index (χ0) is 24.4. The summed E-state index contributed by atoms with van der Waals surface area (Å²) in [6.45, 7) is 6.96. The number of benzene rings is 2. The molecule has 10 heteroatoms. The molecule has 0 bridgehead atoms. The molecule has 0 aromatic heterocycles. The van der Waals surface area contributed by atoms with E-state index >= 15 is 0 Å². The van der Waals surface area contributed by atoms with Gasteiger partial charge in [-0.3, -0.25) is 19.9 Å². The van der Waals surface area contributed by atoms with Crippen LogP contribution in [0.1, 0.15) is 31.7 Å². The Balaban J connectivity index is 1.38. The zero-order valence-corrected chi connectivity index (χ0v) is 20.7. The number of piperazine rings is 1. The van der Waals surface area contributed by atoms with E-state index in [4.69, 9.17) is 28.9 Å². The van der Waals surface area contributed by atoms with Crippen LogP contribution in [0.25, 0.3) is 0 Å². The van der Waals surface area contributed by atoms with E-state index in [0.29, 0.717) is 39.9 Å². The predicted molar refractivity (Wildman–Crippen MR) is 135 cm³/mol. The van der Waals surface area contributed by atoms with Crippen molar-refractivity contribution in [3.05, 3.63) is 61.9 Å². The third-order valence-electron chi connectivity index (χ3n) is 7.07. The van der Waals surface area contributed by atoms with E-state index in [-0.39, 0.29) is 17.2 Å². The van der Waals surface area contributed by atoms with Gasteiger partial charge in [0.05, 0.1) is 15.6 Å². The van der Waals surface area contributed by atoms with Crippen LogP contribution >= 0.6 is 23.2 Å². The smallest absolute Gasteiger partial charge is 0.294 e. The number of nitro benzene ring substituents is 1. The van der Waals surface area contributed by atoms with Gasteiger partial charge in [0.2, 0.25) is 0 Å². The number of rotatable bonds is 6. The zero-order valence-electron chi connectivity index (χ0n) is 19.2. The van der Waals surface area contributed by atoms with Crippen LogP contribution in [0.4, 0.5) is 21.5 Å². The van der Waals surface area contributed by atoms with Gasteiger partial charge in [0.15, 0.2) is 0 Å². The Hall–Kier alpha value is -2.13. The number of likely N-dealkylation sites (tertiary alicyclic amines) is 1. The van der Waals surface area contributed by atoms with Gasteiger partial charge in [-0.25, -0.2) is 4.39 Å². The van der Waals surface area contributed by atoms with Crippen LogP contribution in [0.15, 0.2) is 30.3 Å².